The molecule has 0 aliphatic carbocycles. The van der Waals surface area contributed by atoms with Gasteiger partial charge in [-0.1, -0.05) is 30.3 Å². The van der Waals surface area contributed by atoms with Gasteiger partial charge in [-0.15, -0.1) is 0 Å². The van der Waals surface area contributed by atoms with Crippen LogP contribution in [0.1, 0.15) is 30.4 Å². The van der Waals surface area contributed by atoms with Gasteiger partial charge in [-0.05, 0) is 13.8 Å². The van der Waals surface area contributed by atoms with Crippen molar-refractivity contribution in [1.82, 2.24) is 19.7 Å². The van der Waals surface area contributed by atoms with Crippen LogP contribution in [0.3, 0.4) is 0 Å². The highest BCUT2D eigenvalue weighted by molar-refractivity contribution is 6.02. The summed E-state index contributed by atoms with van der Waals surface area (Å²) < 4.78 is 1.79. The van der Waals surface area contributed by atoms with Crippen molar-refractivity contribution in [3.63, 3.8) is 0 Å². The number of aromatic amines is 1. The Kier molecular flexibility index (Phi) is 3.74. The first-order chi connectivity index (χ1) is 10.6. The number of hydrogen-bond acceptors (Lipinski definition) is 3. The van der Waals surface area contributed by atoms with Crippen molar-refractivity contribution >= 4 is 11.6 Å². The Morgan fingerprint density at radius 2 is 2.00 bits per heavy atom. The van der Waals surface area contributed by atoms with Crippen LogP contribution in [0.4, 0.5) is 5.69 Å². The minimum atomic E-state index is -0.238. The van der Waals surface area contributed by atoms with Crippen LogP contribution in [-0.4, -0.2) is 25.7 Å². The van der Waals surface area contributed by atoms with Crippen molar-refractivity contribution in [3.8, 4) is 11.4 Å². The molecule has 2 N–H and O–H groups in total. The Bertz CT molecular complexity index is 773. The number of amides is 1. The summed E-state index contributed by atoms with van der Waals surface area (Å²) in [6, 6.07) is 9.92. The first-order valence-corrected chi connectivity index (χ1v) is 7.09. The van der Waals surface area contributed by atoms with Gasteiger partial charge < -0.3 is 10.3 Å². The average molecular weight is 295 g/mol. The van der Waals surface area contributed by atoms with Crippen LogP contribution in [-0.2, 0) is 0 Å². The Balaban J connectivity index is 1.74. The highest BCUT2D eigenvalue weighted by Gasteiger charge is 2.12. The first kappa shape index (κ1) is 14.1. The fourth-order valence-corrected chi connectivity index (χ4v) is 2.06. The van der Waals surface area contributed by atoms with Gasteiger partial charge in [-0.2, -0.15) is 5.10 Å². The Morgan fingerprint density at radius 1 is 1.23 bits per heavy atom. The van der Waals surface area contributed by atoms with E-state index in [1.807, 2.05) is 44.2 Å². The van der Waals surface area contributed by atoms with Gasteiger partial charge in [0.05, 0.1) is 18.1 Å². The normalized spacial score (nSPS) is 10.9. The van der Waals surface area contributed by atoms with E-state index in [1.54, 1.807) is 17.1 Å². The molecule has 112 valence electrons. The third kappa shape index (κ3) is 2.90. The molecule has 1 aromatic carbocycles. The van der Waals surface area contributed by atoms with Crippen LogP contribution in [0.25, 0.3) is 11.4 Å². The fraction of sp³-hybridized carbons (Fsp3) is 0.188. The zero-order valence-corrected chi connectivity index (χ0v) is 12.4. The summed E-state index contributed by atoms with van der Waals surface area (Å²) in [5.41, 5.74) is 2.01. The number of carbonyl (C=O) groups is 1. The minimum absolute atomic E-state index is 0.238. The predicted octanol–water partition coefficient (Wildman–Crippen LogP) is 3.11. The molecule has 0 spiro atoms. The monoisotopic (exact) mass is 295 g/mol. The number of carbonyl (C=O) groups excluding carboxylic acids is 1. The van der Waals surface area contributed by atoms with E-state index >= 15 is 0 Å². The zero-order valence-electron chi connectivity index (χ0n) is 12.4. The number of nitrogens with zero attached hydrogens (tertiary/aromatic N) is 3. The molecule has 0 saturated heterocycles. The fourth-order valence-electron chi connectivity index (χ4n) is 2.06. The molecular formula is C16H17N5O. The van der Waals surface area contributed by atoms with Gasteiger partial charge in [0.2, 0.25) is 0 Å². The molecule has 0 atom stereocenters. The molecular weight excluding hydrogens is 278 g/mol. The molecule has 0 fully saturated rings. The van der Waals surface area contributed by atoms with Crippen LogP contribution in [0.5, 0.6) is 0 Å². The molecule has 0 aliphatic rings. The molecule has 3 aromatic rings. The number of hydrogen-bond donors (Lipinski definition) is 2. The van der Waals surface area contributed by atoms with Crippen LogP contribution < -0.4 is 5.32 Å². The van der Waals surface area contributed by atoms with Gasteiger partial charge in [0, 0.05) is 17.8 Å². The number of imidazole rings is 1. The second kappa shape index (κ2) is 5.85. The van der Waals surface area contributed by atoms with Gasteiger partial charge in [-0.25, -0.2) is 4.98 Å². The summed E-state index contributed by atoms with van der Waals surface area (Å²) in [6.07, 6.45) is 4.97. The number of H-pyrrole nitrogens is 1. The lowest BCUT2D eigenvalue weighted by Crippen LogP contribution is -2.11. The summed E-state index contributed by atoms with van der Waals surface area (Å²) in [6.45, 7) is 4.05. The second-order valence-electron chi connectivity index (χ2n) is 5.27. The summed E-state index contributed by atoms with van der Waals surface area (Å²) in [5.74, 6) is 0.432. The Hall–Kier alpha value is -2.89. The molecule has 22 heavy (non-hydrogen) atoms. The molecule has 6 heteroatoms. The van der Waals surface area contributed by atoms with Gasteiger partial charge in [0.25, 0.3) is 5.91 Å². The number of rotatable bonds is 4. The van der Waals surface area contributed by atoms with E-state index in [4.69, 9.17) is 0 Å². The van der Waals surface area contributed by atoms with E-state index < -0.39 is 0 Å². The molecule has 0 radical (unpaired) electrons. The molecule has 1 amide bonds. The van der Waals surface area contributed by atoms with E-state index in [0.717, 1.165) is 5.56 Å². The van der Waals surface area contributed by atoms with Gasteiger partial charge in [0.15, 0.2) is 0 Å². The zero-order chi connectivity index (χ0) is 15.5. The highest BCUT2D eigenvalue weighted by Crippen LogP contribution is 2.16. The summed E-state index contributed by atoms with van der Waals surface area (Å²) in [4.78, 5) is 19.5. The lowest BCUT2D eigenvalue weighted by molar-refractivity contribution is 0.102. The van der Waals surface area contributed by atoms with E-state index in [9.17, 15) is 4.79 Å². The van der Waals surface area contributed by atoms with Crippen molar-refractivity contribution in [2.45, 2.75) is 19.9 Å². The van der Waals surface area contributed by atoms with E-state index in [0.29, 0.717) is 17.2 Å². The highest BCUT2D eigenvalue weighted by atomic mass is 16.1. The first-order valence-electron chi connectivity index (χ1n) is 7.09. The van der Waals surface area contributed by atoms with E-state index in [-0.39, 0.29) is 11.9 Å². The molecule has 0 aliphatic heterocycles. The maximum Gasteiger partial charge on any atom is 0.273 e. The maximum absolute atomic E-state index is 12.2. The summed E-state index contributed by atoms with van der Waals surface area (Å²) >= 11 is 0. The lowest BCUT2D eigenvalue weighted by atomic mass is 10.2. The lowest BCUT2D eigenvalue weighted by Gasteiger charge is -2.03. The number of benzene rings is 1. The third-order valence-corrected chi connectivity index (χ3v) is 3.26. The predicted molar refractivity (Wildman–Crippen MR) is 84.6 cm³/mol. The Morgan fingerprint density at radius 3 is 2.68 bits per heavy atom. The SMILES string of the molecule is CC(C)n1cc(NC(=O)c2cnc(-c3ccccc3)[nH]2)cn1. The topological polar surface area (TPSA) is 75.6 Å². The molecule has 6 nitrogen and oxygen atoms in total. The molecule has 3 rings (SSSR count). The molecule has 2 aromatic heterocycles. The van der Waals surface area contributed by atoms with Crippen molar-refractivity contribution < 1.29 is 4.79 Å². The van der Waals surface area contributed by atoms with Gasteiger partial charge in [0.1, 0.15) is 11.5 Å². The smallest absolute Gasteiger partial charge is 0.273 e. The van der Waals surface area contributed by atoms with Crippen molar-refractivity contribution in [2.75, 3.05) is 5.32 Å². The minimum Gasteiger partial charge on any atom is -0.334 e. The molecule has 2 heterocycles. The Labute approximate surface area is 128 Å². The van der Waals surface area contributed by atoms with Crippen LogP contribution >= 0.6 is 0 Å². The standard InChI is InChI=1S/C16H17N5O/c1-11(2)21-10-13(8-18-21)19-16(22)14-9-17-15(20-14)12-6-4-3-5-7-12/h3-11H,1-2H3,(H,17,20)(H,19,22). The van der Waals surface area contributed by atoms with E-state index in [1.165, 1.54) is 6.20 Å². The quantitative estimate of drug-likeness (QED) is 0.776. The van der Waals surface area contributed by atoms with Gasteiger partial charge in [-0.3, -0.25) is 9.48 Å². The largest absolute Gasteiger partial charge is 0.334 e. The van der Waals surface area contributed by atoms with Crippen molar-refractivity contribution in [2.24, 2.45) is 0 Å². The second-order valence-corrected chi connectivity index (χ2v) is 5.27. The average Bonchev–Trinajstić information content (AvgIpc) is 3.17. The number of nitrogens with one attached hydrogen (secondary N) is 2. The molecule has 0 unspecified atom stereocenters. The van der Waals surface area contributed by atoms with Crippen molar-refractivity contribution in [1.29, 1.82) is 0 Å². The maximum atomic E-state index is 12.2. The summed E-state index contributed by atoms with van der Waals surface area (Å²) in [7, 11) is 0. The molecule has 0 bridgehead atoms. The van der Waals surface area contributed by atoms with Crippen molar-refractivity contribution in [3.05, 3.63) is 54.6 Å². The third-order valence-electron chi connectivity index (χ3n) is 3.26. The number of anilines is 1. The van der Waals surface area contributed by atoms with E-state index in [2.05, 4.69) is 20.4 Å². The van der Waals surface area contributed by atoms with Crippen LogP contribution in [0.15, 0.2) is 48.9 Å². The van der Waals surface area contributed by atoms with Crippen LogP contribution in [0, 0.1) is 0 Å². The summed E-state index contributed by atoms with van der Waals surface area (Å²) in [5, 5.41) is 7.00. The van der Waals surface area contributed by atoms with Gasteiger partial charge >= 0.3 is 0 Å². The molecule has 0 saturated carbocycles. The van der Waals surface area contributed by atoms with Crippen LogP contribution in [0.2, 0.25) is 0 Å². The number of aromatic nitrogens is 4.